The van der Waals surface area contributed by atoms with Crippen molar-refractivity contribution in [3.05, 3.63) is 36.0 Å². The third-order valence-corrected chi connectivity index (χ3v) is 2.50. The van der Waals surface area contributed by atoms with Gasteiger partial charge in [0.05, 0.1) is 6.54 Å². The lowest BCUT2D eigenvalue weighted by atomic mass is 10.2. The molecule has 0 unspecified atom stereocenters. The number of hydrogen-bond acceptors (Lipinski definition) is 2. The third-order valence-electron chi connectivity index (χ3n) is 2.50. The van der Waals surface area contributed by atoms with Gasteiger partial charge in [0.1, 0.15) is 0 Å². The first kappa shape index (κ1) is 10.5. The number of H-pyrrole nitrogens is 1. The van der Waals surface area contributed by atoms with Gasteiger partial charge in [0.2, 0.25) is 0 Å². The van der Waals surface area contributed by atoms with Crippen LogP contribution in [0.15, 0.2) is 30.5 Å². The molecule has 1 heterocycles. The molecule has 0 radical (unpaired) electrons. The molecule has 5 nitrogen and oxygen atoms in total. The Hall–Kier alpha value is -2.01. The molecule has 0 bridgehead atoms. The molecule has 3 N–H and O–H groups in total. The number of rotatable bonds is 3. The van der Waals surface area contributed by atoms with Crippen LogP contribution in [0.2, 0.25) is 0 Å². The van der Waals surface area contributed by atoms with Crippen molar-refractivity contribution in [1.29, 1.82) is 0 Å². The molecule has 0 aliphatic rings. The van der Waals surface area contributed by atoms with E-state index < -0.39 is 6.09 Å². The molecule has 1 amide bonds. The number of hydrazine groups is 1. The Morgan fingerprint density at radius 3 is 2.94 bits per heavy atom. The summed E-state index contributed by atoms with van der Waals surface area (Å²) in [5, 5.41) is 11.1. The normalized spacial score (nSPS) is 10.6. The number of benzene rings is 1. The van der Waals surface area contributed by atoms with E-state index in [1.165, 1.54) is 0 Å². The van der Waals surface area contributed by atoms with Gasteiger partial charge in [0.15, 0.2) is 0 Å². The first-order chi connectivity index (χ1) is 7.72. The standard InChI is InChI=1S/C11H13N3O2/c1-12-14(11(15)16)7-8-6-13-10-5-3-2-4-9(8)10/h2-6,12-13H,7H2,1H3,(H,15,16). The number of aromatic nitrogens is 1. The number of nitrogens with zero attached hydrogens (tertiary/aromatic N) is 1. The summed E-state index contributed by atoms with van der Waals surface area (Å²) in [6.07, 6.45) is 0.839. The lowest BCUT2D eigenvalue weighted by Crippen LogP contribution is -2.38. The summed E-state index contributed by atoms with van der Waals surface area (Å²) in [7, 11) is 1.59. The van der Waals surface area contributed by atoms with E-state index in [9.17, 15) is 4.79 Å². The van der Waals surface area contributed by atoms with E-state index in [0.717, 1.165) is 21.5 Å². The second kappa shape index (κ2) is 4.24. The van der Waals surface area contributed by atoms with Crippen LogP contribution < -0.4 is 5.43 Å². The Balaban J connectivity index is 2.30. The van der Waals surface area contributed by atoms with E-state index in [1.54, 1.807) is 7.05 Å². The van der Waals surface area contributed by atoms with Crippen LogP contribution in [0, 0.1) is 0 Å². The van der Waals surface area contributed by atoms with Crippen molar-refractivity contribution < 1.29 is 9.90 Å². The Morgan fingerprint density at radius 2 is 2.25 bits per heavy atom. The van der Waals surface area contributed by atoms with E-state index in [-0.39, 0.29) is 0 Å². The monoisotopic (exact) mass is 219 g/mol. The van der Waals surface area contributed by atoms with Crippen molar-refractivity contribution in [2.45, 2.75) is 6.54 Å². The highest BCUT2D eigenvalue weighted by Crippen LogP contribution is 2.18. The lowest BCUT2D eigenvalue weighted by molar-refractivity contribution is 0.122. The van der Waals surface area contributed by atoms with E-state index in [2.05, 4.69) is 10.4 Å². The van der Waals surface area contributed by atoms with Crippen LogP contribution in [0.1, 0.15) is 5.56 Å². The molecule has 2 rings (SSSR count). The van der Waals surface area contributed by atoms with Crippen LogP contribution in [0.4, 0.5) is 4.79 Å². The molecule has 0 saturated heterocycles. The summed E-state index contributed by atoms with van der Waals surface area (Å²) in [5.41, 5.74) is 4.59. The summed E-state index contributed by atoms with van der Waals surface area (Å²) in [6, 6.07) is 7.81. The highest BCUT2D eigenvalue weighted by molar-refractivity contribution is 5.83. The minimum absolute atomic E-state index is 0.315. The zero-order valence-electron chi connectivity index (χ0n) is 8.90. The van der Waals surface area contributed by atoms with Gasteiger partial charge in [-0.3, -0.25) is 0 Å². The minimum atomic E-state index is -0.993. The summed E-state index contributed by atoms with van der Waals surface area (Å²) in [5.74, 6) is 0. The Kier molecular flexibility index (Phi) is 2.78. The van der Waals surface area contributed by atoms with E-state index in [4.69, 9.17) is 5.11 Å². The first-order valence-corrected chi connectivity index (χ1v) is 4.95. The molecule has 0 aliphatic carbocycles. The molecule has 0 fully saturated rings. The number of fused-ring (bicyclic) bond motifs is 1. The summed E-state index contributed by atoms with van der Waals surface area (Å²) in [6.45, 7) is 0.315. The fraction of sp³-hybridized carbons (Fsp3) is 0.182. The number of carbonyl (C=O) groups is 1. The van der Waals surface area contributed by atoms with Crippen LogP contribution >= 0.6 is 0 Å². The van der Waals surface area contributed by atoms with Crippen LogP contribution in [-0.4, -0.2) is 28.2 Å². The van der Waals surface area contributed by atoms with E-state index in [1.807, 2.05) is 30.5 Å². The predicted octanol–water partition coefficient (Wildman–Crippen LogP) is 1.78. The van der Waals surface area contributed by atoms with Gasteiger partial charge in [-0.1, -0.05) is 18.2 Å². The molecule has 0 atom stereocenters. The molecule has 0 spiro atoms. The van der Waals surface area contributed by atoms with Crippen molar-refractivity contribution in [3.63, 3.8) is 0 Å². The van der Waals surface area contributed by atoms with E-state index >= 15 is 0 Å². The quantitative estimate of drug-likeness (QED) is 0.689. The van der Waals surface area contributed by atoms with Gasteiger partial charge in [-0.25, -0.2) is 15.2 Å². The van der Waals surface area contributed by atoms with Gasteiger partial charge in [0, 0.05) is 24.1 Å². The maximum Gasteiger partial charge on any atom is 0.422 e. The molecule has 5 heteroatoms. The van der Waals surface area contributed by atoms with Crippen LogP contribution in [0.5, 0.6) is 0 Å². The number of para-hydroxylation sites is 1. The van der Waals surface area contributed by atoms with Crippen molar-refractivity contribution >= 4 is 17.0 Å². The minimum Gasteiger partial charge on any atom is -0.464 e. The number of aromatic amines is 1. The first-order valence-electron chi connectivity index (χ1n) is 4.95. The maximum atomic E-state index is 10.8. The highest BCUT2D eigenvalue weighted by Gasteiger charge is 2.12. The molecule has 1 aromatic heterocycles. The molecule has 84 valence electrons. The van der Waals surface area contributed by atoms with Crippen LogP contribution in [-0.2, 0) is 6.54 Å². The number of nitrogens with one attached hydrogen (secondary N) is 2. The van der Waals surface area contributed by atoms with Gasteiger partial charge in [-0.05, 0) is 11.6 Å². The average Bonchev–Trinajstić information content (AvgIpc) is 2.69. The van der Waals surface area contributed by atoms with Crippen molar-refractivity contribution in [3.8, 4) is 0 Å². The molecule has 2 aromatic rings. The van der Waals surface area contributed by atoms with Crippen molar-refractivity contribution in [2.75, 3.05) is 7.05 Å². The van der Waals surface area contributed by atoms with Crippen molar-refractivity contribution in [1.82, 2.24) is 15.4 Å². The van der Waals surface area contributed by atoms with E-state index in [0.29, 0.717) is 6.54 Å². The van der Waals surface area contributed by atoms with Crippen LogP contribution in [0.25, 0.3) is 10.9 Å². The molecule has 1 aromatic carbocycles. The fourth-order valence-corrected chi connectivity index (χ4v) is 1.68. The smallest absolute Gasteiger partial charge is 0.422 e. The topological polar surface area (TPSA) is 68.4 Å². The second-order valence-electron chi connectivity index (χ2n) is 3.45. The van der Waals surface area contributed by atoms with Gasteiger partial charge in [0.25, 0.3) is 0 Å². The molecule has 0 aliphatic heterocycles. The maximum absolute atomic E-state index is 10.8. The summed E-state index contributed by atoms with van der Waals surface area (Å²) in [4.78, 5) is 14.0. The number of amides is 1. The lowest BCUT2D eigenvalue weighted by Gasteiger charge is -2.16. The number of hydrogen-bond donors (Lipinski definition) is 3. The number of carboxylic acid groups (broad SMARTS) is 1. The zero-order chi connectivity index (χ0) is 11.5. The Morgan fingerprint density at radius 1 is 1.50 bits per heavy atom. The zero-order valence-corrected chi connectivity index (χ0v) is 8.90. The van der Waals surface area contributed by atoms with Gasteiger partial charge in [-0.2, -0.15) is 0 Å². The SMILES string of the molecule is CNN(Cc1c[nH]c2ccccc12)C(=O)O. The molecule has 0 saturated carbocycles. The third kappa shape index (κ3) is 1.85. The second-order valence-corrected chi connectivity index (χ2v) is 3.45. The fourth-order valence-electron chi connectivity index (χ4n) is 1.68. The average molecular weight is 219 g/mol. The highest BCUT2D eigenvalue weighted by atomic mass is 16.4. The molecular formula is C11H13N3O2. The Bertz CT molecular complexity index is 507. The van der Waals surface area contributed by atoms with Crippen molar-refractivity contribution in [2.24, 2.45) is 0 Å². The van der Waals surface area contributed by atoms with Gasteiger partial charge in [-0.15, -0.1) is 0 Å². The summed E-state index contributed by atoms with van der Waals surface area (Å²) >= 11 is 0. The van der Waals surface area contributed by atoms with Crippen LogP contribution in [0.3, 0.4) is 0 Å². The largest absolute Gasteiger partial charge is 0.464 e. The summed E-state index contributed by atoms with van der Waals surface area (Å²) < 4.78 is 0. The molecule has 16 heavy (non-hydrogen) atoms. The van der Waals surface area contributed by atoms with Gasteiger partial charge >= 0.3 is 6.09 Å². The van der Waals surface area contributed by atoms with Gasteiger partial charge < -0.3 is 10.1 Å². The Labute approximate surface area is 92.7 Å². The molecular weight excluding hydrogens is 206 g/mol. The predicted molar refractivity (Wildman–Crippen MR) is 60.9 cm³/mol.